The molecule has 0 fully saturated rings. The molecule has 0 amide bonds. The Hall–Kier alpha value is -0.913. The molecule has 0 N–H and O–H groups in total. The molecule has 0 spiro atoms. The SMILES string of the molecule is C[Si](C)(C)CCOCn1nccc1-c1ccc(CBr)cc1. The molecule has 2 aromatic rings. The van der Waals surface area contributed by atoms with E-state index in [9.17, 15) is 0 Å². The zero-order valence-electron chi connectivity index (χ0n) is 13.0. The minimum absolute atomic E-state index is 0.521. The van der Waals surface area contributed by atoms with Crippen LogP contribution in [0.3, 0.4) is 0 Å². The number of hydrogen-bond donors (Lipinski definition) is 0. The molecule has 0 unspecified atom stereocenters. The maximum absolute atomic E-state index is 5.79. The Kier molecular flexibility index (Phi) is 5.78. The van der Waals surface area contributed by atoms with Crippen LogP contribution in [-0.4, -0.2) is 24.5 Å². The molecule has 21 heavy (non-hydrogen) atoms. The van der Waals surface area contributed by atoms with Crippen molar-refractivity contribution < 1.29 is 4.74 Å². The number of nitrogens with zero attached hydrogens (tertiary/aromatic N) is 2. The molecule has 0 aliphatic rings. The van der Waals surface area contributed by atoms with Crippen LogP contribution in [0, 0.1) is 0 Å². The maximum Gasteiger partial charge on any atom is 0.139 e. The normalized spacial score (nSPS) is 11.8. The van der Waals surface area contributed by atoms with Crippen LogP contribution in [0.25, 0.3) is 11.3 Å². The minimum Gasteiger partial charge on any atom is -0.360 e. The third kappa shape index (κ3) is 5.09. The lowest BCUT2D eigenvalue weighted by Crippen LogP contribution is -2.22. The molecule has 0 atom stereocenters. The lowest BCUT2D eigenvalue weighted by Gasteiger charge is -2.16. The topological polar surface area (TPSA) is 27.1 Å². The van der Waals surface area contributed by atoms with Crippen molar-refractivity contribution in [1.29, 1.82) is 0 Å². The highest BCUT2D eigenvalue weighted by Crippen LogP contribution is 2.20. The molecule has 0 bridgehead atoms. The van der Waals surface area contributed by atoms with Gasteiger partial charge in [-0.3, -0.25) is 0 Å². The zero-order valence-corrected chi connectivity index (χ0v) is 15.6. The fourth-order valence-corrected chi connectivity index (χ4v) is 3.11. The summed E-state index contributed by atoms with van der Waals surface area (Å²) in [5.74, 6) is 0. The highest BCUT2D eigenvalue weighted by Gasteiger charge is 2.12. The third-order valence-corrected chi connectivity index (χ3v) is 5.68. The summed E-state index contributed by atoms with van der Waals surface area (Å²) >= 11 is 3.47. The molecule has 2 rings (SSSR count). The van der Waals surface area contributed by atoms with Gasteiger partial charge in [0.1, 0.15) is 6.73 Å². The van der Waals surface area contributed by atoms with Gasteiger partial charge in [0.2, 0.25) is 0 Å². The second-order valence-electron chi connectivity index (χ2n) is 6.39. The van der Waals surface area contributed by atoms with E-state index in [-0.39, 0.29) is 0 Å². The number of benzene rings is 1. The van der Waals surface area contributed by atoms with Gasteiger partial charge in [0.25, 0.3) is 0 Å². The first-order valence-corrected chi connectivity index (χ1v) is 12.1. The molecule has 0 aliphatic heterocycles. The molecule has 1 heterocycles. The van der Waals surface area contributed by atoms with Crippen LogP contribution >= 0.6 is 15.9 Å². The van der Waals surface area contributed by atoms with E-state index < -0.39 is 8.07 Å². The Balaban J connectivity index is 1.98. The quantitative estimate of drug-likeness (QED) is 0.401. The fourth-order valence-electron chi connectivity index (χ4n) is 1.97. The van der Waals surface area contributed by atoms with Crippen LogP contribution in [-0.2, 0) is 16.8 Å². The van der Waals surface area contributed by atoms with Crippen molar-refractivity contribution in [2.75, 3.05) is 6.61 Å². The van der Waals surface area contributed by atoms with Crippen LogP contribution in [0.1, 0.15) is 5.56 Å². The second kappa shape index (κ2) is 7.38. The summed E-state index contributed by atoms with van der Waals surface area (Å²) in [5.41, 5.74) is 3.55. The van der Waals surface area contributed by atoms with E-state index in [0.29, 0.717) is 6.73 Å². The average Bonchev–Trinajstić information content (AvgIpc) is 2.91. The van der Waals surface area contributed by atoms with E-state index in [0.717, 1.165) is 17.6 Å². The van der Waals surface area contributed by atoms with Crippen LogP contribution < -0.4 is 0 Å². The van der Waals surface area contributed by atoms with Crippen molar-refractivity contribution in [3.63, 3.8) is 0 Å². The highest BCUT2D eigenvalue weighted by atomic mass is 79.9. The third-order valence-electron chi connectivity index (χ3n) is 3.33. The summed E-state index contributed by atoms with van der Waals surface area (Å²) in [7, 11) is -1.03. The first-order chi connectivity index (χ1) is 9.99. The smallest absolute Gasteiger partial charge is 0.139 e. The van der Waals surface area contributed by atoms with E-state index >= 15 is 0 Å². The summed E-state index contributed by atoms with van der Waals surface area (Å²) < 4.78 is 7.71. The van der Waals surface area contributed by atoms with Gasteiger partial charge in [-0.25, -0.2) is 4.68 Å². The molecular weight excluding hydrogens is 344 g/mol. The number of aromatic nitrogens is 2. The monoisotopic (exact) mass is 366 g/mol. The van der Waals surface area contributed by atoms with Crippen molar-refractivity contribution in [2.24, 2.45) is 0 Å². The standard InChI is InChI=1S/C16H23BrN2OSi/c1-21(2,3)11-10-20-13-19-16(8-9-18-19)15-6-4-14(12-17)5-7-15/h4-9H,10-13H2,1-3H3. The van der Waals surface area contributed by atoms with E-state index in [1.54, 1.807) is 0 Å². The number of rotatable bonds is 7. The van der Waals surface area contributed by atoms with Gasteiger partial charge >= 0.3 is 0 Å². The van der Waals surface area contributed by atoms with Crippen LogP contribution in [0.2, 0.25) is 25.7 Å². The van der Waals surface area contributed by atoms with E-state index in [1.165, 1.54) is 17.2 Å². The van der Waals surface area contributed by atoms with E-state index in [2.05, 4.69) is 64.9 Å². The molecule has 5 heteroatoms. The van der Waals surface area contributed by atoms with E-state index in [4.69, 9.17) is 4.74 Å². The predicted octanol–water partition coefficient (Wildman–Crippen LogP) is 4.76. The van der Waals surface area contributed by atoms with Gasteiger partial charge in [-0.1, -0.05) is 59.8 Å². The van der Waals surface area contributed by atoms with Gasteiger partial charge in [0.15, 0.2) is 0 Å². The highest BCUT2D eigenvalue weighted by molar-refractivity contribution is 9.08. The van der Waals surface area contributed by atoms with Crippen LogP contribution in [0.4, 0.5) is 0 Å². The Bertz CT molecular complexity index is 560. The molecule has 3 nitrogen and oxygen atoms in total. The zero-order chi connectivity index (χ0) is 15.3. The lowest BCUT2D eigenvalue weighted by molar-refractivity contribution is 0.0798. The summed E-state index contributed by atoms with van der Waals surface area (Å²) in [6.45, 7) is 8.42. The first kappa shape index (κ1) is 16.5. The number of alkyl halides is 1. The largest absolute Gasteiger partial charge is 0.360 e. The van der Waals surface area contributed by atoms with Gasteiger partial charge in [0, 0.05) is 26.2 Å². The average molecular weight is 367 g/mol. The number of halogens is 1. The Morgan fingerprint density at radius 2 is 1.86 bits per heavy atom. The molecule has 1 aromatic carbocycles. The minimum atomic E-state index is -1.03. The maximum atomic E-state index is 5.79. The van der Waals surface area contributed by atoms with Gasteiger partial charge in [-0.2, -0.15) is 5.10 Å². The second-order valence-corrected chi connectivity index (χ2v) is 12.6. The van der Waals surface area contributed by atoms with Crippen molar-refractivity contribution >= 4 is 24.0 Å². The van der Waals surface area contributed by atoms with Gasteiger partial charge in [0.05, 0.1) is 5.69 Å². The summed E-state index contributed by atoms with van der Waals surface area (Å²) in [5, 5.41) is 5.24. The first-order valence-electron chi connectivity index (χ1n) is 7.24. The summed E-state index contributed by atoms with van der Waals surface area (Å²) in [4.78, 5) is 0. The molecular formula is C16H23BrN2OSi. The van der Waals surface area contributed by atoms with Crippen molar-refractivity contribution in [3.05, 3.63) is 42.1 Å². The van der Waals surface area contributed by atoms with Gasteiger partial charge in [-0.15, -0.1) is 0 Å². The molecule has 0 aliphatic carbocycles. The lowest BCUT2D eigenvalue weighted by atomic mass is 10.1. The molecule has 1 aromatic heterocycles. The van der Waals surface area contributed by atoms with Gasteiger partial charge in [-0.05, 0) is 23.2 Å². The summed E-state index contributed by atoms with van der Waals surface area (Å²) in [6, 6.07) is 11.7. The molecule has 0 saturated carbocycles. The molecule has 0 radical (unpaired) electrons. The Morgan fingerprint density at radius 3 is 2.48 bits per heavy atom. The molecule has 0 saturated heterocycles. The van der Waals surface area contributed by atoms with Crippen molar-refractivity contribution in [2.45, 2.75) is 37.7 Å². The van der Waals surface area contributed by atoms with Crippen LogP contribution in [0.15, 0.2) is 36.5 Å². The predicted molar refractivity (Wildman–Crippen MR) is 94.4 cm³/mol. The van der Waals surface area contributed by atoms with Gasteiger partial charge < -0.3 is 4.74 Å². The fraction of sp³-hybridized carbons (Fsp3) is 0.438. The summed E-state index contributed by atoms with van der Waals surface area (Å²) in [6.07, 6.45) is 1.83. The van der Waals surface area contributed by atoms with Crippen LogP contribution in [0.5, 0.6) is 0 Å². The Morgan fingerprint density at radius 1 is 1.14 bits per heavy atom. The van der Waals surface area contributed by atoms with Crippen molar-refractivity contribution in [3.8, 4) is 11.3 Å². The van der Waals surface area contributed by atoms with Crippen molar-refractivity contribution in [1.82, 2.24) is 9.78 Å². The number of hydrogen-bond acceptors (Lipinski definition) is 2. The Labute approximate surface area is 136 Å². The van der Waals surface area contributed by atoms with E-state index in [1.807, 2.05) is 16.9 Å². The number of ether oxygens (including phenoxy) is 1. The molecule has 114 valence electrons.